The van der Waals surface area contributed by atoms with Gasteiger partial charge in [-0.1, -0.05) is 31.5 Å². The van der Waals surface area contributed by atoms with Gasteiger partial charge >= 0.3 is 0 Å². The Balaban J connectivity index is 1.74. The van der Waals surface area contributed by atoms with Crippen molar-refractivity contribution in [3.8, 4) is 0 Å². The molecule has 0 saturated carbocycles. The molecule has 1 aliphatic heterocycles. The third-order valence-corrected chi connectivity index (χ3v) is 8.63. The zero-order chi connectivity index (χ0) is 22.8. The molecule has 166 valence electrons. The molecule has 0 fully saturated rings. The standard InChI is InChI=1S/C21H24ClN3O4S2/c1-4-25(5-2)31(28,29)19-11-15(8-6-13(19)3)23-20(26)12-18-21(27)24-16-10-14(22)7-9-17(16)30-18/h6-11,18H,4-5,12H2,1-3H3,(H,23,26)(H,24,27). The van der Waals surface area contributed by atoms with E-state index in [2.05, 4.69) is 10.6 Å². The third kappa shape index (κ3) is 5.23. The zero-order valence-corrected chi connectivity index (χ0v) is 19.8. The summed E-state index contributed by atoms with van der Waals surface area (Å²) in [6.45, 7) is 5.99. The maximum absolute atomic E-state index is 12.9. The maximum Gasteiger partial charge on any atom is 0.243 e. The summed E-state index contributed by atoms with van der Waals surface area (Å²) in [6.07, 6.45) is -0.0510. The first-order chi connectivity index (χ1) is 14.6. The number of hydrogen-bond acceptors (Lipinski definition) is 5. The second kappa shape index (κ2) is 9.60. The van der Waals surface area contributed by atoms with Gasteiger partial charge in [-0.15, -0.1) is 11.8 Å². The fourth-order valence-electron chi connectivity index (χ4n) is 3.30. The minimum atomic E-state index is -3.66. The Morgan fingerprint density at radius 3 is 2.58 bits per heavy atom. The number of benzene rings is 2. The van der Waals surface area contributed by atoms with Crippen LogP contribution < -0.4 is 10.6 Å². The van der Waals surface area contributed by atoms with Gasteiger partial charge in [0.25, 0.3) is 0 Å². The molecule has 0 bridgehead atoms. The number of fused-ring (bicyclic) bond motifs is 1. The number of halogens is 1. The van der Waals surface area contributed by atoms with E-state index in [1.807, 2.05) is 0 Å². The lowest BCUT2D eigenvalue weighted by Crippen LogP contribution is -2.32. The topological polar surface area (TPSA) is 95.6 Å². The van der Waals surface area contributed by atoms with Crippen LogP contribution in [0.3, 0.4) is 0 Å². The lowest BCUT2D eigenvalue weighted by Gasteiger charge is -2.24. The summed E-state index contributed by atoms with van der Waals surface area (Å²) in [6, 6.07) is 9.98. The van der Waals surface area contributed by atoms with Crippen LogP contribution in [0.1, 0.15) is 25.8 Å². The minimum absolute atomic E-state index is 0.0510. The van der Waals surface area contributed by atoms with Crippen molar-refractivity contribution in [2.24, 2.45) is 0 Å². The Morgan fingerprint density at radius 2 is 1.90 bits per heavy atom. The number of carbonyl (C=O) groups is 2. The van der Waals surface area contributed by atoms with E-state index >= 15 is 0 Å². The number of amides is 2. The zero-order valence-electron chi connectivity index (χ0n) is 17.4. The van der Waals surface area contributed by atoms with Crippen LogP contribution in [0.25, 0.3) is 0 Å². The number of carbonyl (C=O) groups excluding carboxylic acids is 2. The fraction of sp³-hybridized carbons (Fsp3) is 0.333. The fourth-order valence-corrected chi connectivity index (χ4v) is 6.27. The van der Waals surface area contributed by atoms with Crippen LogP contribution in [0.2, 0.25) is 5.02 Å². The molecule has 2 aromatic rings. The van der Waals surface area contributed by atoms with E-state index in [0.717, 1.165) is 4.90 Å². The lowest BCUT2D eigenvalue weighted by molar-refractivity contribution is -0.120. The molecule has 0 saturated heterocycles. The van der Waals surface area contributed by atoms with Gasteiger partial charge in [0, 0.05) is 35.1 Å². The highest BCUT2D eigenvalue weighted by Crippen LogP contribution is 2.38. The summed E-state index contributed by atoms with van der Waals surface area (Å²) >= 11 is 7.26. The van der Waals surface area contributed by atoms with Crippen LogP contribution in [0, 0.1) is 6.92 Å². The van der Waals surface area contributed by atoms with E-state index in [9.17, 15) is 18.0 Å². The van der Waals surface area contributed by atoms with Gasteiger partial charge in [-0.3, -0.25) is 9.59 Å². The van der Waals surface area contributed by atoms with E-state index in [0.29, 0.717) is 35.1 Å². The molecule has 31 heavy (non-hydrogen) atoms. The molecule has 0 aromatic heterocycles. The molecule has 1 heterocycles. The van der Waals surface area contributed by atoms with Crippen LogP contribution in [-0.4, -0.2) is 42.9 Å². The summed E-state index contributed by atoms with van der Waals surface area (Å²) in [5, 5.41) is 5.41. The summed E-state index contributed by atoms with van der Waals surface area (Å²) in [5.41, 5.74) is 1.60. The lowest BCUT2D eigenvalue weighted by atomic mass is 10.2. The predicted molar refractivity (Wildman–Crippen MR) is 124 cm³/mol. The summed E-state index contributed by atoms with van der Waals surface area (Å²) < 4.78 is 27.2. The number of sulfonamides is 1. The highest BCUT2D eigenvalue weighted by Gasteiger charge is 2.29. The molecular formula is C21H24ClN3O4S2. The smallest absolute Gasteiger partial charge is 0.243 e. The Hall–Kier alpha value is -2.07. The number of nitrogens with one attached hydrogen (secondary N) is 2. The third-order valence-electron chi connectivity index (χ3n) is 4.93. The highest BCUT2D eigenvalue weighted by atomic mass is 35.5. The molecular weight excluding hydrogens is 458 g/mol. The van der Waals surface area contributed by atoms with Crippen LogP contribution >= 0.6 is 23.4 Å². The van der Waals surface area contributed by atoms with E-state index in [1.54, 1.807) is 51.1 Å². The van der Waals surface area contributed by atoms with Gasteiger partial charge < -0.3 is 10.6 Å². The van der Waals surface area contributed by atoms with Gasteiger partial charge in [0.2, 0.25) is 21.8 Å². The van der Waals surface area contributed by atoms with Crippen molar-refractivity contribution in [3.63, 3.8) is 0 Å². The Labute approximate surface area is 191 Å². The molecule has 0 radical (unpaired) electrons. The van der Waals surface area contributed by atoms with Gasteiger partial charge in [-0.05, 0) is 42.8 Å². The van der Waals surface area contributed by atoms with Crippen molar-refractivity contribution in [1.82, 2.24) is 4.31 Å². The van der Waals surface area contributed by atoms with Crippen LogP contribution in [0.15, 0.2) is 46.2 Å². The van der Waals surface area contributed by atoms with Gasteiger partial charge in [-0.25, -0.2) is 8.42 Å². The average Bonchev–Trinajstić information content (AvgIpc) is 2.70. The number of rotatable bonds is 7. The van der Waals surface area contributed by atoms with E-state index in [-0.39, 0.29) is 23.1 Å². The molecule has 2 aromatic carbocycles. The highest BCUT2D eigenvalue weighted by molar-refractivity contribution is 8.01. The average molecular weight is 482 g/mol. The Morgan fingerprint density at radius 1 is 1.19 bits per heavy atom. The largest absolute Gasteiger partial charge is 0.326 e. The Bertz CT molecular complexity index is 1120. The molecule has 7 nitrogen and oxygen atoms in total. The van der Waals surface area contributed by atoms with E-state index in [4.69, 9.17) is 11.6 Å². The second-order valence-electron chi connectivity index (χ2n) is 7.06. The van der Waals surface area contributed by atoms with E-state index < -0.39 is 15.3 Å². The molecule has 3 rings (SSSR count). The summed E-state index contributed by atoms with van der Waals surface area (Å²) in [4.78, 5) is 26.0. The molecule has 10 heteroatoms. The van der Waals surface area contributed by atoms with Crippen LogP contribution in [0.4, 0.5) is 11.4 Å². The SMILES string of the molecule is CCN(CC)S(=O)(=O)c1cc(NC(=O)CC2Sc3ccc(Cl)cc3NC2=O)ccc1C. The van der Waals surface area contributed by atoms with E-state index in [1.165, 1.54) is 22.1 Å². The first kappa shape index (κ1) is 23.6. The maximum atomic E-state index is 12.9. The first-order valence-corrected chi connectivity index (χ1v) is 12.5. The minimum Gasteiger partial charge on any atom is -0.326 e. The van der Waals surface area contributed by atoms with Gasteiger partial charge in [-0.2, -0.15) is 4.31 Å². The van der Waals surface area contributed by atoms with Crippen molar-refractivity contribution in [3.05, 3.63) is 47.0 Å². The Kier molecular flexibility index (Phi) is 7.31. The number of nitrogens with zero attached hydrogens (tertiary/aromatic N) is 1. The van der Waals surface area contributed by atoms with Crippen molar-refractivity contribution >= 4 is 56.6 Å². The number of thioether (sulfide) groups is 1. The normalized spacial score (nSPS) is 16.0. The monoisotopic (exact) mass is 481 g/mol. The molecule has 1 aliphatic rings. The summed E-state index contributed by atoms with van der Waals surface area (Å²) in [5.74, 6) is -0.649. The molecule has 1 unspecified atom stereocenters. The predicted octanol–water partition coefficient (Wildman–Crippen LogP) is 4.12. The van der Waals surface area contributed by atoms with Crippen molar-refractivity contribution in [2.45, 2.75) is 42.2 Å². The molecule has 2 amide bonds. The van der Waals surface area contributed by atoms with Gasteiger partial charge in [0.05, 0.1) is 15.8 Å². The van der Waals surface area contributed by atoms with Crippen LogP contribution in [0.5, 0.6) is 0 Å². The quantitative estimate of drug-likeness (QED) is 0.620. The number of aryl methyl sites for hydroxylation is 1. The van der Waals surface area contributed by atoms with Gasteiger partial charge in [0.1, 0.15) is 0 Å². The van der Waals surface area contributed by atoms with Crippen molar-refractivity contribution < 1.29 is 18.0 Å². The molecule has 1 atom stereocenters. The van der Waals surface area contributed by atoms with Crippen LogP contribution in [-0.2, 0) is 19.6 Å². The first-order valence-electron chi connectivity index (χ1n) is 9.83. The molecule has 0 spiro atoms. The van der Waals surface area contributed by atoms with Crippen molar-refractivity contribution in [1.29, 1.82) is 0 Å². The number of hydrogen-bond donors (Lipinski definition) is 2. The molecule has 2 N–H and O–H groups in total. The van der Waals surface area contributed by atoms with Crippen molar-refractivity contribution in [2.75, 3.05) is 23.7 Å². The van der Waals surface area contributed by atoms with Gasteiger partial charge in [0.15, 0.2) is 0 Å². The molecule has 0 aliphatic carbocycles. The number of anilines is 2. The second-order valence-corrected chi connectivity index (χ2v) is 10.6. The summed E-state index contributed by atoms with van der Waals surface area (Å²) in [7, 11) is -3.66.